The van der Waals surface area contributed by atoms with Gasteiger partial charge in [0.25, 0.3) is 5.91 Å². The Balaban J connectivity index is 3.68. The van der Waals surface area contributed by atoms with Gasteiger partial charge in [0.15, 0.2) is 6.61 Å². The maximum atomic E-state index is 11.1. The van der Waals surface area contributed by atoms with Crippen LogP contribution >= 0.6 is 0 Å². The highest BCUT2D eigenvalue weighted by molar-refractivity contribution is 5.81. The van der Waals surface area contributed by atoms with Crippen LogP contribution in [0.2, 0.25) is 0 Å². The first-order valence-electron chi connectivity index (χ1n) is 3.90. The highest BCUT2D eigenvalue weighted by Gasteiger charge is 2.16. The normalized spacial score (nSPS) is 12.6. The van der Waals surface area contributed by atoms with Crippen LogP contribution in [0.4, 0.5) is 0 Å². The molecule has 13 heavy (non-hydrogen) atoms. The summed E-state index contributed by atoms with van der Waals surface area (Å²) in [5, 5.41) is 0. The first-order chi connectivity index (χ1) is 5.95. The molecule has 0 aliphatic heterocycles. The summed E-state index contributed by atoms with van der Waals surface area (Å²) in [6, 6.07) is -0.645. The number of rotatable bonds is 5. The van der Waals surface area contributed by atoms with E-state index < -0.39 is 17.9 Å². The van der Waals surface area contributed by atoms with Crippen LogP contribution in [-0.4, -0.2) is 24.5 Å². The Kier molecular flexibility index (Phi) is 5.01. The number of nitrogens with two attached hydrogens (primary N) is 2. The number of amides is 2. The lowest BCUT2D eigenvalue weighted by Gasteiger charge is -2.14. The minimum Gasteiger partial charge on any atom is -0.368 e. The Morgan fingerprint density at radius 2 is 2.00 bits per heavy atom. The van der Waals surface area contributed by atoms with E-state index in [1.165, 1.54) is 0 Å². The first-order valence-corrected chi connectivity index (χ1v) is 3.90. The molecule has 0 rings (SSSR count). The molecule has 76 valence electrons. The quantitative estimate of drug-likeness (QED) is 0.457. The first kappa shape index (κ1) is 11.9. The summed E-state index contributed by atoms with van der Waals surface area (Å²) in [7, 11) is 0. The van der Waals surface area contributed by atoms with E-state index in [4.69, 9.17) is 11.5 Å². The largest absolute Gasteiger partial charge is 0.368 e. The van der Waals surface area contributed by atoms with Crippen molar-refractivity contribution in [2.45, 2.75) is 19.9 Å². The van der Waals surface area contributed by atoms with Gasteiger partial charge in [-0.1, -0.05) is 13.8 Å². The zero-order valence-electron chi connectivity index (χ0n) is 7.74. The molecule has 0 aromatic carbocycles. The summed E-state index contributed by atoms with van der Waals surface area (Å²) in [6.07, 6.45) is 0. The van der Waals surface area contributed by atoms with Crippen LogP contribution in [0.5, 0.6) is 0 Å². The molecular weight excluding hydrogens is 174 g/mol. The summed E-state index contributed by atoms with van der Waals surface area (Å²) in [6.45, 7) is 3.26. The number of nitrogens with one attached hydrogen (secondary N) is 1. The number of primary amides is 1. The third kappa shape index (κ3) is 5.15. The topological polar surface area (TPSA) is 107 Å². The lowest BCUT2D eigenvalue weighted by molar-refractivity contribution is -0.139. The van der Waals surface area contributed by atoms with E-state index in [1.807, 2.05) is 5.48 Å². The second kappa shape index (κ2) is 5.50. The zero-order valence-corrected chi connectivity index (χ0v) is 7.74. The predicted molar refractivity (Wildman–Crippen MR) is 46.1 cm³/mol. The predicted octanol–water partition coefficient (Wildman–Crippen LogP) is -1.50. The molecule has 1 atom stereocenters. The highest BCUT2D eigenvalue weighted by atomic mass is 16.7. The van der Waals surface area contributed by atoms with Gasteiger partial charge >= 0.3 is 0 Å². The van der Waals surface area contributed by atoms with Crippen molar-refractivity contribution in [1.29, 1.82) is 0 Å². The maximum absolute atomic E-state index is 11.1. The van der Waals surface area contributed by atoms with Crippen molar-refractivity contribution in [2.75, 3.05) is 6.61 Å². The molecule has 1 unspecified atom stereocenters. The van der Waals surface area contributed by atoms with Crippen LogP contribution in [0, 0.1) is 5.92 Å². The van der Waals surface area contributed by atoms with Gasteiger partial charge in [0.1, 0.15) is 0 Å². The molecular formula is C7H15N3O3. The Bertz CT molecular complexity index is 193. The van der Waals surface area contributed by atoms with Crippen molar-refractivity contribution in [1.82, 2.24) is 5.48 Å². The summed E-state index contributed by atoms with van der Waals surface area (Å²) < 4.78 is 0. The minimum atomic E-state index is -0.654. The van der Waals surface area contributed by atoms with E-state index in [1.54, 1.807) is 13.8 Å². The fourth-order valence-electron chi connectivity index (χ4n) is 0.549. The van der Waals surface area contributed by atoms with Gasteiger partial charge in [-0.2, -0.15) is 0 Å². The molecule has 0 heterocycles. The van der Waals surface area contributed by atoms with Crippen LogP contribution in [0.15, 0.2) is 0 Å². The van der Waals surface area contributed by atoms with Crippen LogP contribution in [0.1, 0.15) is 13.8 Å². The summed E-state index contributed by atoms with van der Waals surface area (Å²) >= 11 is 0. The van der Waals surface area contributed by atoms with Crippen molar-refractivity contribution < 1.29 is 14.4 Å². The Morgan fingerprint density at radius 3 is 2.38 bits per heavy atom. The van der Waals surface area contributed by atoms with Crippen LogP contribution in [-0.2, 0) is 14.4 Å². The molecule has 0 aliphatic rings. The van der Waals surface area contributed by atoms with Gasteiger partial charge in [-0.15, -0.1) is 0 Å². The van der Waals surface area contributed by atoms with Gasteiger partial charge in [-0.05, 0) is 5.92 Å². The Hall–Kier alpha value is -1.14. The fraction of sp³-hybridized carbons (Fsp3) is 0.714. The van der Waals surface area contributed by atoms with E-state index >= 15 is 0 Å². The van der Waals surface area contributed by atoms with Crippen molar-refractivity contribution in [2.24, 2.45) is 17.4 Å². The molecule has 6 heteroatoms. The average Bonchev–Trinajstić information content (AvgIpc) is 2.02. The van der Waals surface area contributed by atoms with Crippen LogP contribution in [0.3, 0.4) is 0 Å². The third-order valence-electron chi connectivity index (χ3n) is 1.41. The van der Waals surface area contributed by atoms with E-state index in [2.05, 4.69) is 4.84 Å². The van der Waals surface area contributed by atoms with Crippen LogP contribution in [0.25, 0.3) is 0 Å². The monoisotopic (exact) mass is 189 g/mol. The molecule has 0 aromatic rings. The number of hydrogen-bond acceptors (Lipinski definition) is 4. The molecule has 0 spiro atoms. The fourth-order valence-corrected chi connectivity index (χ4v) is 0.549. The highest BCUT2D eigenvalue weighted by Crippen LogP contribution is 1.97. The van der Waals surface area contributed by atoms with Gasteiger partial charge in [-0.25, -0.2) is 5.48 Å². The number of hydrogen-bond donors (Lipinski definition) is 3. The zero-order chi connectivity index (χ0) is 10.4. The summed E-state index contributed by atoms with van der Waals surface area (Å²) in [5.41, 5.74) is 12.3. The van der Waals surface area contributed by atoms with Crippen molar-refractivity contribution in [3.05, 3.63) is 0 Å². The van der Waals surface area contributed by atoms with Gasteiger partial charge in [0.05, 0.1) is 6.04 Å². The molecule has 6 nitrogen and oxygen atoms in total. The molecule has 5 N–H and O–H groups in total. The van der Waals surface area contributed by atoms with Crippen molar-refractivity contribution in [3.63, 3.8) is 0 Å². The standard InChI is InChI=1S/C7H15N3O3/c1-4(2)6(9)7(12)10-13-3-5(8)11/h4,6H,3,9H2,1-2H3,(H2,8,11)(H,10,12). The molecule has 0 saturated heterocycles. The lowest BCUT2D eigenvalue weighted by Crippen LogP contribution is -2.44. The molecule has 0 fully saturated rings. The second-order valence-electron chi connectivity index (χ2n) is 2.99. The summed E-state index contributed by atoms with van der Waals surface area (Å²) in [4.78, 5) is 25.7. The average molecular weight is 189 g/mol. The molecule has 0 radical (unpaired) electrons. The van der Waals surface area contributed by atoms with Crippen molar-refractivity contribution in [3.8, 4) is 0 Å². The Morgan fingerprint density at radius 1 is 1.46 bits per heavy atom. The number of hydroxylamine groups is 1. The molecule has 0 aromatic heterocycles. The van der Waals surface area contributed by atoms with Gasteiger partial charge in [-0.3, -0.25) is 14.4 Å². The molecule has 0 saturated carbocycles. The van der Waals surface area contributed by atoms with Gasteiger partial charge < -0.3 is 11.5 Å². The molecule has 2 amide bonds. The van der Waals surface area contributed by atoms with E-state index in [-0.39, 0.29) is 12.5 Å². The summed E-state index contributed by atoms with van der Waals surface area (Å²) in [5.74, 6) is -1.10. The Labute approximate surface area is 76.5 Å². The lowest BCUT2D eigenvalue weighted by atomic mass is 10.1. The molecule has 0 bridgehead atoms. The van der Waals surface area contributed by atoms with Crippen LogP contribution < -0.4 is 16.9 Å². The van der Waals surface area contributed by atoms with Crippen molar-refractivity contribution >= 4 is 11.8 Å². The smallest absolute Gasteiger partial charge is 0.260 e. The van der Waals surface area contributed by atoms with E-state index in [0.29, 0.717) is 0 Å². The minimum absolute atomic E-state index is 0.0113. The van der Waals surface area contributed by atoms with E-state index in [0.717, 1.165) is 0 Å². The van der Waals surface area contributed by atoms with Gasteiger partial charge in [0.2, 0.25) is 5.91 Å². The molecule has 0 aliphatic carbocycles. The van der Waals surface area contributed by atoms with E-state index in [9.17, 15) is 9.59 Å². The number of carbonyl (C=O) groups is 2. The maximum Gasteiger partial charge on any atom is 0.260 e. The second-order valence-corrected chi connectivity index (χ2v) is 2.99. The SMILES string of the molecule is CC(C)C(N)C(=O)NOCC(N)=O. The van der Waals surface area contributed by atoms with Gasteiger partial charge in [0, 0.05) is 0 Å². The number of carbonyl (C=O) groups excluding carboxylic acids is 2. The third-order valence-corrected chi connectivity index (χ3v) is 1.41.